The molecule has 20 heavy (non-hydrogen) atoms. The molecule has 0 aromatic rings. The fraction of sp³-hybridized carbons (Fsp3) is 0.733. The average Bonchev–Trinajstić information content (AvgIpc) is 2.35. The monoisotopic (exact) mass is 293 g/mol. The van der Waals surface area contributed by atoms with Crippen molar-refractivity contribution >= 4 is 11.9 Å². The summed E-state index contributed by atoms with van der Waals surface area (Å²) < 4.78 is 0. The number of rotatable bonds is 12. The molecule has 0 spiro atoms. The minimum absolute atomic E-state index is 0. The van der Waals surface area contributed by atoms with Gasteiger partial charge in [-0.1, -0.05) is 45.1 Å². The van der Waals surface area contributed by atoms with E-state index in [2.05, 4.69) is 11.9 Å². The Balaban J connectivity index is -0.00000162. The number of amides is 1. The van der Waals surface area contributed by atoms with Gasteiger partial charge in [0.15, 0.2) is 0 Å². The zero-order valence-electron chi connectivity index (χ0n) is 14.0. The predicted molar refractivity (Wildman–Crippen MR) is 78.1 cm³/mol. The first-order chi connectivity index (χ1) is 9.04. The molecule has 0 bridgehead atoms. The second kappa shape index (κ2) is 15.1. The number of unbranched alkanes of at least 4 members (excludes halogenated alkanes) is 7. The SMILES string of the molecule is C=C(C)C(=O)NCCCCCCCCCCC(=O)O.[H-].[Na+]. The van der Waals surface area contributed by atoms with Gasteiger partial charge in [-0.2, -0.15) is 0 Å². The Kier molecular flexibility index (Phi) is 16.6. The first-order valence-corrected chi connectivity index (χ1v) is 7.19. The Morgan fingerprint density at radius 3 is 1.90 bits per heavy atom. The Morgan fingerprint density at radius 2 is 1.45 bits per heavy atom. The molecule has 5 heteroatoms. The summed E-state index contributed by atoms with van der Waals surface area (Å²) in [7, 11) is 0. The van der Waals surface area contributed by atoms with Gasteiger partial charge in [0.1, 0.15) is 0 Å². The average molecular weight is 293 g/mol. The third-order valence-electron chi connectivity index (χ3n) is 2.99. The van der Waals surface area contributed by atoms with Crippen LogP contribution >= 0.6 is 0 Å². The van der Waals surface area contributed by atoms with Crippen LogP contribution in [0.5, 0.6) is 0 Å². The fourth-order valence-electron chi connectivity index (χ4n) is 1.81. The maximum absolute atomic E-state index is 11.2. The number of hydrogen-bond donors (Lipinski definition) is 2. The standard InChI is InChI=1S/C15H27NO3.Na.H/c1-13(2)15(19)16-12-10-8-6-4-3-5-7-9-11-14(17)18;;/h1,3-12H2,2H3,(H,16,19)(H,17,18);;/q;+1;-1. The van der Waals surface area contributed by atoms with Gasteiger partial charge in [-0.05, 0) is 19.8 Å². The molecule has 0 aliphatic heterocycles. The summed E-state index contributed by atoms with van der Waals surface area (Å²) in [6.45, 7) is 6.02. The van der Waals surface area contributed by atoms with Crippen LogP contribution in [0.4, 0.5) is 0 Å². The Labute approximate surface area is 146 Å². The van der Waals surface area contributed by atoms with E-state index in [-0.39, 0.29) is 36.9 Å². The molecule has 0 saturated heterocycles. The first-order valence-electron chi connectivity index (χ1n) is 7.19. The minimum Gasteiger partial charge on any atom is -1.00 e. The number of hydrogen-bond acceptors (Lipinski definition) is 2. The van der Waals surface area contributed by atoms with E-state index in [1.54, 1.807) is 6.92 Å². The number of carbonyl (C=O) groups is 2. The second-order valence-corrected chi connectivity index (χ2v) is 5.01. The predicted octanol–water partition coefficient (Wildman–Crippen LogP) is 0.391. The molecule has 0 atom stereocenters. The molecule has 0 radical (unpaired) electrons. The molecule has 0 aromatic heterocycles. The first kappa shape index (κ1) is 22.0. The summed E-state index contributed by atoms with van der Waals surface area (Å²) in [6, 6.07) is 0. The molecule has 1 amide bonds. The quantitative estimate of drug-likeness (QED) is 0.311. The van der Waals surface area contributed by atoms with Crippen molar-refractivity contribution in [2.75, 3.05) is 6.54 Å². The fourth-order valence-corrected chi connectivity index (χ4v) is 1.81. The van der Waals surface area contributed by atoms with E-state index >= 15 is 0 Å². The largest absolute Gasteiger partial charge is 1.00 e. The zero-order valence-corrected chi connectivity index (χ0v) is 15.0. The van der Waals surface area contributed by atoms with Crippen molar-refractivity contribution < 1.29 is 45.7 Å². The Morgan fingerprint density at radius 1 is 1.00 bits per heavy atom. The van der Waals surface area contributed by atoms with Crippen LogP contribution in [-0.4, -0.2) is 23.5 Å². The van der Waals surface area contributed by atoms with Gasteiger partial charge in [-0.3, -0.25) is 9.59 Å². The maximum Gasteiger partial charge on any atom is 1.00 e. The summed E-state index contributed by atoms with van der Waals surface area (Å²) in [4.78, 5) is 21.5. The summed E-state index contributed by atoms with van der Waals surface area (Å²) >= 11 is 0. The van der Waals surface area contributed by atoms with Crippen LogP contribution in [0.2, 0.25) is 0 Å². The van der Waals surface area contributed by atoms with Crippen LogP contribution in [0, 0.1) is 0 Å². The van der Waals surface area contributed by atoms with Crippen molar-refractivity contribution in [3.05, 3.63) is 12.2 Å². The van der Waals surface area contributed by atoms with E-state index in [9.17, 15) is 9.59 Å². The summed E-state index contributed by atoms with van der Waals surface area (Å²) in [6.07, 6.45) is 8.93. The molecule has 112 valence electrons. The topological polar surface area (TPSA) is 66.4 Å². The zero-order chi connectivity index (χ0) is 14.5. The number of carboxylic acid groups (broad SMARTS) is 1. The molecule has 0 aliphatic rings. The molecule has 2 N–H and O–H groups in total. The molecule has 0 aromatic carbocycles. The molecule has 4 nitrogen and oxygen atoms in total. The number of nitrogens with one attached hydrogen (secondary N) is 1. The van der Waals surface area contributed by atoms with Crippen molar-refractivity contribution in [3.63, 3.8) is 0 Å². The van der Waals surface area contributed by atoms with Crippen molar-refractivity contribution in [2.24, 2.45) is 0 Å². The van der Waals surface area contributed by atoms with Crippen LogP contribution in [0.1, 0.15) is 66.1 Å². The van der Waals surface area contributed by atoms with Gasteiger partial charge >= 0.3 is 35.5 Å². The van der Waals surface area contributed by atoms with Crippen molar-refractivity contribution in [1.82, 2.24) is 5.32 Å². The van der Waals surface area contributed by atoms with Crippen LogP contribution in [0.15, 0.2) is 12.2 Å². The van der Waals surface area contributed by atoms with Crippen molar-refractivity contribution in [1.29, 1.82) is 0 Å². The second-order valence-electron chi connectivity index (χ2n) is 5.01. The Bertz CT molecular complexity index is 299. The van der Waals surface area contributed by atoms with E-state index in [0.717, 1.165) is 38.6 Å². The van der Waals surface area contributed by atoms with Crippen LogP contribution in [-0.2, 0) is 9.59 Å². The van der Waals surface area contributed by atoms with E-state index in [1.165, 1.54) is 19.3 Å². The molecular weight excluding hydrogens is 265 g/mol. The molecule has 0 heterocycles. The molecule has 0 saturated carbocycles. The number of carbonyl (C=O) groups excluding carboxylic acids is 1. The third-order valence-corrected chi connectivity index (χ3v) is 2.99. The van der Waals surface area contributed by atoms with Crippen LogP contribution < -0.4 is 34.9 Å². The van der Waals surface area contributed by atoms with Gasteiger partial charge in [-0.15, -0.1) is 0 Å². The van der Waals surface area contributed by atoms with E-state index in [1.807, 2.05) is 0 Å². The van der Waals surface area contributed by atoms with Gasteiger partial charge < -0.3 is 11.8 Å². The van der Waals surface area contributed by atoms with Crippen molar-refractivity contribution in [3.8, 4) is 0 Å². The van der Waals surface area contributed by atoms with Gasteiger partial charge in [-0.25, -0.2) is 0 Å². The Hall–Kier alpha value is -0.320. The molecule has 0 unspecified atom stereocenters. The summed E-state index contributed by atoms with van der Waals surface area (Å²) in [5.41, 5.74) is 0.557. The molecule has 0 rings (SSSR count). The van der Waals surface area contributed by atoms with Crippen LogP contribution in [0.25, 0.3) is 0 Å². The van der Waals surface area contributed by atoms with Gasteiger partial charge in [0, 0.05) is 18.5 Å². The molecule has 0 aliphatic carbocycles. The van der Waals surface area contributed by atoms with Crippen molar-refractivity contribution in [2.45, 2.75) is 64.7 Å². The van der Waals surface area contributed by atoms with E-state index < -0.39 is 5.97 Å². The maximum atomic E-state index is 11.2. The van der Waals surface area contributed by atoms with Gasteiger partial charge in [0.2, 0.25) is 5.91 Å². The molecular formula is C15H28NNaO3. The number of aliphatic carboxylic acids is 1. The van der Waals surface area contributed by atoms with Crippen LogP contribution in [0.3, 0.4) is 0 Å². The normalized spacial score (nSPS) is 9.65. The van der Waals surface area contributed by atoms with Gasteiger partial charge in [0.05, 0.1) is 0 Å². The molecule has 0 fully saturated rings. The van der Waals surface area contributed by atoms with Gasteiger partial charge in [0.25, 0.3) is 0 Å². The van der Waals surface area contributed by atoms with E-state index in [4.69, 9.17) is 5.11 Å². The number of carboxylic acids is 1. The summed E-state index contributed by atoms with van der Waals surface area (Å²) in [5, 5.41) is 11.3. The third kappa shape index (κ3) is 15.7. The minimum atomic E-state index is -0.697. The summed E-state index contributed by atoms with van der Waals surface area (Å²) in [5.74, 6) is -0.754. The van der Waals surface area contributed by atoms with E-state index in [0.29, 0.717) is 12.0 Å². The smallest absolute Gasteiger partial charge is 1.00 e.